The molecule has 0 unspecified atom stereocenters. The molecule has 0 fully saturated rings. The third kappa shape index (κ3) is 9.74. The van der Waals surface area contributed by atoms with Crippen LogP contribution in [0.1, 0.15) is 55.7 Å². The lowest BCUT2D eigenvalue weighted by molar-refractivity contribution is 0.0425. The molecule has 0 heterocycles. The number of hydrogen-bond acceptors (Lipinski definition) is 13. The van der Waals surface area contributed by atoms with Gasteiger partial charge in [0.05, 0.1) is 28.4 Å². The molecule has 0 spiro atoms. The van der Waals surface area contributed by atoms with Crippen LogP contribution >= 0.6 is 0 Å². The van der Waals surface area contributed by atoms with E-state index in [4.69, 9.17) is 56.8 Å². The predicted molar refractivity (Wildman–Crippen MR) is 171 cm³/mol. The van der Waals surface area contributed by atoms with Crippen molar-refractivity contribution in [1.82, 2.24) is 0 Å². The van der Waals surface area contributed by atoms with Gasteiger partial charge in [0.2, 0.25) is 17.2 Å². The highest BCUT2D eigenvalue weighted by Crippen LogP contribution is 2.54. The number of ether oxygens (including phenoxy) is 12. The van der Waals surface area contributed by atoms with Crippen molar-refractivity contribution in [2.75, 3.05) is 84.1 Å². The van der Waals surface area contributed by atoms with Crippen molar-refractivity contribution in [1.29, 1.82) is 0 Å². The minimum Gasteiger partial charge on any atom is -0.501 e. The normalized spacial score (nSPS) is 10.9. The molecule has 13 heteroatoms. The molecule has 2 aromatic rings. The number of unbranched alkanes of at least 4 members (excludes halogenated alkanes) is 3. The van der Waals surface area contributed by atoms with Crippen LogP contribution in [0, 0.1) is 0 Å². The molecule has 0 aliphatic heterocycles. The van der Waals surface area contributed by atoms with E-state index in [0.717, 1.165) is 43.2 Å². The van der Waals surface area contributed by atoms with Gasteiger partial charge in [-0.15, -0.1) is 0 Å². The highest BCUT2D eigenvalue weighted by Gasteiger charge is 2.30. The average molecular weight is 657 g/mol. The van der Waals surface area contributed by atoms with Gasteiger partial charge < -0.3 is 61.9 Å². The summed E-state index contributed by atoms with van der Waals surface area (Å²) < 4.78 is 67.4. The Kier molecular flexibility index (Phi) is 17.9. The van der Waals surface area contributed by atoms with E-state index in [2.05, 4.69) is 6.92 Å². The highest BCUT2D eigenvalue weighted by molar-refractivity contribution is 5.70. The minimum absolute atomic E-state index is 0.0399. The first-order valence-corrected chi connectivity index (χ1v) is 15.2. The fourth-order valence-electron chi connectivity index (χ4n) is 5.17. The topological polar surface area (TPSA) is 131 Å². The second-order valence-electron chi connectivity index (χ2n) is 10.1. The third-order valence-electron chi connectivity index (χ3n) is 7.13. The second-order valence-corrected chi connectivity index (χ2v) is 10.1. The van der Waals surface area contributed by atoms with E-state index < -0.39 is 0 Å². The van der Waals surface area contributed by atoms with Gasteiger partial charge in [-0.05, 0) is 38.5 Å². The molecule has 0 saturated heterocycles. The Morgan fingerprint density at radius 3 is 1.07 bits per heavy atom. The number of methoxy groups -OCH3 is 8. The molecule has 0 amide bonds. The van der Waals surface area contributed by atoms with Crippen molar-refractivity contribution in [3.05, 3.63) is 16.7 Å². The summed E-state index contributed by atoms with van der Waals surface area (Å²) >= 11 is 0. The van der Waals surface area contributed by atoms with Crippen LogP contribution in [0.3, 0.4) is 0 Å². The maximum absolute atomic E-state index is 10.9. The molecule has 0 radical (unpaired) electrons. The summed E-state index contributed by atoms with van der Waals surface area (Å²) in [5.74, 6) is 2.92. The molecule has 2 aromatic carbocycles. The molecule has 13 nitrogen and oxygen atoms in total. The first-order valence-electron chi connectivity index (χ1n) is 15.2. The van der Waals surface area contributed by atoms with Gasteiger partial charge in [0.15, 0.2) is 61.7 Å². The van der Waals surface area contributed by atoms with E-state index in [1.807, 2.05) is 0 Å². The Bertz CT molecular complexity index is 1190. The quantitative estimate of drug-likeness (QED) is 0.104. The Morgan fingerprint density at radius 2 is 0.717 bits per heavy atom. The minimum atomic E-state index is -0.259. The number of phenolic OH excluding ortho intramolecular Hbond substituents is 1. The van der Waals surface area contributed by atoms with Crippen molar-refractivity contribution in [3.8, 4) is 51.7 Å². The molecule has 0 saturated carbocycles. The second kappa shape index (κ2) is 21.3. The molecule has 0 aliphatic carbocycles. The summed E-state index contributed by atoms with van der Waals surface area (Å²) in [6.07, 6.45) is 6.03. The fraction of sp³-hybridized carbons (Fsp3) is 0.636. The molecule has 262 valence electrons. The Morgan fingerprint density at radius 1 is 0.391 bits per heavy atom. The summed E-state index contributed by atoms with van der Waals surface area (Å²) in [6, 6.07) is 0. The van der Waals surface area contributed by atoms with Crippen molar-refractivity contribution in [2.45, 2.75) is 58.3 Å². The van der Waals surface area contributed by atoms with Gasteiger partial charge in [0, 0.05) is 45.1 Å². The van der Waals surface area contributed by atoms with Crippen LogP contribution in [0.5, 0.6) is 51.7 Å². The monoisotopic (exact) mass is 656 g/mol. The van der Waals surface area contributed by atoms with Gasteiger partial charge in [0.1, 0.15) is 0 Å². The van der Waals surface area contributed by atoms with Crippen LogP contribution in [0.25, 0.3) is 0 Å². The van der Waals surface area contributed by atoms with Crippen molar-refractivity contribution < 1.29 is 61.9 Å². The lowest BCUT2D eigenvalue weighted by atomic mass is 9.96. The van der Waals surface area contributed by atoms with E-state index in [-0.39, 0.29) is 44.4 Å². The number of hydrogen-bond donors (Lipinski definition) is 1. The maximum Gasteiger partial charge on any atom is 0.210 e. The largest absolute Gasteiger partial charge is 0.501 e. The smallest absolute Gasteiger partial charge is 0.210 e. The average Bonchev–Trinajstić information content (AvgIpc) is 3.07. The first kappa shape index (κ1) is 38.7. The zero-order valence-electron chi connectivity index (χ0n) is 28.8. The summed E-state index contributed by atoms with van der Waals surface area (Å²) in [6.45, 7) is 2.06. The van der Waals surface area contributed by atoms with Crippen LogP contribution < -0.4 is 37.9 Å². The van der Waals surface area contributed by atoms with Crippen molar-refractivity contribution in [2.24, 2.45) is 0 Å². The molecule has 1 N–H and O–H groups in total. The van der Waals surface area contributed by atoms with Crippen LogP contribution in [0.2, 0.25) is 0 Å². The molecule has 0 bridgehead atoms. The molecule has 2 rings (SSSR count). The molecular weight excluding hydrogens is 604 g/mol. The Labute approximate surface area is 272 Å². The van der Waals surface area contributed by atoms with Crippen LogP contribution in [-0.4, -0.2) is 89.2 Å². The highest BCUT2D eigenvalue weighted by atomic mass is 16.7. The number of phenols is 1. The maximum atomic E-state index is 10.9. The molecular formula is C33H52O13. The van der Waals surface area contributed by atoms with Gasteiger partial charge in [0.25, 0.3) is 0 Å². The van der Waals surface area contributed by atoms with Crippen molar-refractivity contribution >= 4 is 0 Å². The zero-order chi connectivity index (χ0) is 33.9. The van der Waals surface area contributed by atoms with E-state index in [1.165, 1.54) is 28.4 Å². The Balaban J connectivity index is 2.45. The van der Waals surface area contributed by atoms with E-state index in [1.54, 1.807) is 28.4 Å². The van der Waals surface area contributed by atoms with Crippen LogP contribution in [0.4, 0.5) is 0 Å². The molecule has 0 aromatic heterocycles. The number of benzene rings is 2. The van der Waals surface area contributed by atoms with Gasteiger partial charge in [-0.3, -0.25) is 0 Å². The van der Waals surface area contributed by atoms with Gasteiger partial charge >= 0.3 is 0 Å². The number of rotatable bonds is 25. The summed E-state index contributed by atoms with van der Waals surface area (Å²) in [7, 11) is 12.3. The summed E-state index contributed by atoms with van der Waals surface area (Å²) in [4.78, 5) is 0. The van der Waals surface area contributed by atoms with E-state index in [0.29, 0.717) is 59.3 Å². The lowest BCUT2D eigenvalue weighted by Crippen LogP contribution is -2.11. The standard InChI is InChI=1S/C33H52O13/c1-10-11-15-22-26(39-6)30(44-19-36-3)23(27(40-7)29(22)43-18-35-2)16-13-12-14-17-24-28(41-8)33(46-21-38-5)25(34)32(42-9)31(24)45-20-37-4/h34H,10-21H2,1-9H3. The van der Waals surface area contributed by atoms with Crippen LogP contribution in [0.15, 0.2) is 0 Å². The van der Waals surface area contributed by atoms with E-state index >= 15 is 0 Å². The molecule has 0 atom stereocenters. The third-order valence-corrected chi connectivity index (χ3v) is 7.13. The van der Waals surface area contributed by atoms with E-state index in [9.17, 15) is 5.11 Å². The van der Waals surface area contributed by atoms with Gasteiger partial charge in [-0.1, -0.05) is 19.8 Å². The summed E-state index contributed by atoms with van der Waals surface area (Å²) in [5.41, 5.74) is 2.33. The SMILES string of the molecule is CCCCc1c(OC)c(OCOC)c(CCCCCc2c(OC)c(OCOC)c(O)c(OC)c2OCOC)c(OC)c1OCOC. The first-order chi connectivity index (χ1) is 22.4. The fourth-order valence-corrected chi connectivity index (χ4v) is 5.17. The van der Waals surface area contributed by atoms with Crippen LogP contribution in [-0.2, 0) is 38.2 Å². The molecule has 0 aliphatic rings. The molecule has 46 heavy (non-hydrogen) atoms. The van der Waals surface area contributed by atoms with Gasteiger partial charge in [-0.2, -0.15) is 0 Å². The Hall–Kier alpha value is -3.52. The predicted octanol–water partition coefficient (Wildman–Crippen LogP) is 5.66. The zero-order valence-corrected chi connectivity index (χ0v) is 28.8. The number of aromatic hydroxyl groups is 1. The lowest BCUT2D eigenvalue weighted by Gasteiger charge is -2.24. The van der Waals surface area contributed by atoms with Crippen molar-refractivity contribution in [3.63, 3.8) is 0 Å². The summed E-state index contributed by atoms with van der Waals surface area (Å²) in [5, 5.41) is 10.9. The van der Waals surface area contributed by atoms with Gasteiger partial charge in [-0.25, -0.2) is 0 Å².